The predicted molar refractivity (Wildman–Crippen MR) is 89.6 cm³/mol. The number of carbonyl (C=O) groups is 1. The van der Waals surface area contributed by atoms with E-state index in [-0.39, 0.29) is 23.8 Å². The number of fused-ring (bicyclic) bond motifs is 1. The van der Waals surface area contributed by atoms with Crippen molar-refractivity contribution in [1.82, 2.24) is 15.0 Å². The van der Waals surface area contributed by atoms with Crippen molar-refractivity contribution in [2.24, 2.45) is 0 Å². The minimum atomic E-state index is -0.0403. The molecule has 1 aliphatic carbocycles. The fourth-order valence-corrected chi connectivity index (χ4v) is 3.93. The fraction of sp³-hybridized carbons (Fsp3) is 0.526. The van der Waals surface area contributed by atoms with Crippen LogP contribution in [0.1, 0.15) is 73.8 Å². The Morgan fingerprint density at radius 1 is 1.29 bits per heavy atom. The summed E-state index contributed by atoms with van der Waals surface area (Å²) in [6, 6.07) is 8.28. The average Bonchev–Trinajstić information content (AvgIpc) is 3.31. The normalized spacial score (nSPS) is 23.0. The van der Waals surface area contributed by atoms with Crippen molar-refractivity contribution in [3.8, 4) is 0 Å². The molecule has 0 radical (unpaired) electrons. The van der Waals surface area contributed by atoms with Gasteiger partial charge in [-0.05, 0) is 36.8 Å². The Hall–Kier alpha value is -2.17. The topological polar surface area (TPSA) is 59.2 Å². The Kier molecular flexibility index (Phi) is 3.87. The van der Waals surface area contributed by atoms with Crippen LogP contribution in [0.4, 0.5) is 0 Å². The number of aromatic nitrogens is 2. The van der Waals surface area contributed by atoms with E-state index in [2.05, 4.69) is 28.3 Å². The highest BCUT2D eigenvalue weighted by atomic mass is 16.5. The second kappa shape index (κ2) is 6.04. The third-order valence-corrected chi connectivity index (χ3v) is 5.22. The number of likely N-dealkylation sites (tertiary alicyclic amines) is 1. The molecule has 0 bridgehead atoms. The molecular formula is C19H23N3O2. The lowest BCUT2D eigenvalue weighted by atomic mass is 9.99. The maximum absolute atomic E-state index is 13.2. The van der Waals surface area contributed by atoms with Gasteiger partial charge < -0.3 is 9.42 Å². The van der Waals surface area contributed by atoms with E-state index in [1.165, 1.54) is 11.1 Å². The summed E-state index contributed by atoms with van der Waals surface area (Å²) < 4.78 is 5.35. The second-order valence-corrected chi connectivity index (χ2v) is 7.13. The highest BCUT2D eigenvalue weighted by molar-refractivity contribution is 5.85. The van der Waals surface area contributed by atoms with Gasteiger partial charge >= 0.3 is 0 Å². The number of rotatable bonds is 3. The molecule has 2 aliphatic rings. The van der Waals surface area contributed by atoms with Crippen LogP contribution in [0.2, 0.25) is 0 Å². The van der Waals surface area contributed by atoms with Crippen LogP contribution in [-0.2, 0) is 11.2 Å². The van der Waals surface area contributed by atoms with Crippen molar-refractivity contribution in [2.75, 3.05) is 6.54 Å². The molecule has 2 heterocycles. The molecule has 1 saturated heterocycles. The van der Waals surface area contributed by atoms with Crippen LogP contribution in [0, 0.1) is 0 Å². The lowest BCUT2D eigenvalue weighted by molar-refractivity contribution is -0.133. The summed E-state index contributed by atoms with van der Waals surface area (Å²) in [4.78, 5) is 19.7. The Balaban J connectivity index is 1.57. The zero-order valence-electron chi connectivity index (χ0n) is 14.2. The van der Waals surface area contributed by atoms with Crippen LogP contribution < -0.4 is 0 Å². The second-order valence-electron chi connectivity index (χ2n) is 7.13. The van der Waals surface area contributed by atoms with E-state index in [9.17, 15) is 4.79 Å². The molecule has 5 heteroatoms. The lowest BCUT2D eigenvalue weighted by Crippen LogP contribution is -2.34. The molecule has 5 nitrogen and oxygen atoms in total. The molecule has 0 spiro atoms. The van der Waals surface area contributed by atoms with E-state index >= 15 is 0 Å². The van der Waals surface area contributed by atoms with Crippen LogP contribution in [-0.4, -0.2) is 27.5 Å². The molecule has 1 amide bonds. The van der Waals surface area contributed by atoms with Crippen molar-refractivity contribution in [3.63, 3.8) is 0 Å². The summed E-state index contributed by atoms with van der Waals surface area (Å²) in [5, 5.41) is 4.14. The molecular weight excluding hydrogens is 302 g/mol. The van der Waals surface area contributed by atoms with Gasteiger partial charge in [0.25, 0.3) is 0 Å². The van der Waals surface area contributed by atoms with Crippen molar-refractivity contribution >= 4 is 5.91 Å². The molecule has 126 valence electrons. The average molecular weight is 325 g/mol. The Bertz CT molecular complexity index is 753. The summed E-state index contributed by atoms with van der Waals surface area (Å²) >= 11 is 0. The largest absolute Gasteiger partial charge is 0.339 e. The zero-order valence-corrected chi connectivity index (χ0v) is 14.2. The number of hydrogen-bond donors (Lipinski definition) is 0. The van der Waals surface area contributed by atoms with Gasteiger partial charge in [-0.2, -0.15) is 4.98 Å². The maximum atomic E-state index is 13.2. The monoisotopic (exact) mass is 325 g/mol. The van der Waals surface area contributed by atoms with Crippen molar-refractivity contribution < 1.29 is 9.32 Å². The minimum absolute atomic E-state index is 0.0155. The standard InChI is InChI=1S/C19H23N3O2/c1-12(2)18-20-17(21-24-18)16-8-5-11-22(16)19(23)15-10-9-13-6-3-4-7-14(13)15/h3-4,6-7,12,15-16H,5,8-11H2,1-2H3/t15-,16-/m0/s1. The quantitative estimate of drug-likeness (QED) is 0.865. The van der Waals surface area contributed by atoms with Gasteiger partial charge in [-0.1, -0.05) is 43.3 Å². The van der Waals surface area contributed by atoms with Gasteiger partial charge in [0.15, 0.2) is 5.82 Å². The molecule has 24 heavy (non-hydrogen) atoms. The van der Waals surface area contributed by atoms with Crippen molar-refractivity contribution in [2.45, 2.75) is 57.4 Å². The number of hydrogen-bond acceptors (Lipinski definition) is 4. The van der Waals surface area contributed by atoms with Crippen LogP contribution in [0.5, 0.6) is 0 Å². The van der Waals surface area contributed by atoms with Crippen LogP contribution in [0.25, 0.3) is 0 Å². The molecule has 0 unspecified atom stereocenters. The van der Waals surface area contributed by atoms with Crippen molar-refractivity contribution in [1.29, 1.82) is 0 Å². The molecule has 2 aromatic rings. The number of benzene rings is 1. The molecule has 0 N–H and O–H groups in total. The van der Waals surface area contributed by atoms with Crippen LogP contribution in [0.15, 0.2) is 28.8 Å². The first-order chi connectivity index (χ1) is 11.6. The van der Waals surface area contributed by atoms with Gasteiger partial charge in [-0.25, -0.2) is 0 Å². The van der Waals surface area contributed by atoms with Gasteiger partial charge in [-0.3, -0.25) is 4.79 Å². The number of amides is 1. The van der Waals surface area contributed by atoms with E-state index < -0.39 is 0 Å². The summed E-state index contributed by atoms with van der Waals surface area (Å²) in [5.41, 5.74) is 2.51. The first-order valence-corrected chi connectivity index (χ1v) is 8.87. The first-order valence-electron chi connectivity index (χ1n) is 8.87. The number of carbonyl (C=O) groups excluding carboxylic acids is 1. The summed E-state index contributed by atoms with van der Waals surface area (Å²) in [6.45, 7) is 4.85. The van der Waals surface area contributed by atoms with Crippen molar-refractivity contribution in [3.05, 3.63) is 47.1 Å². The zero-order chi connectivity index (χ0) is 16.7. The summed E-state index contributed by atoms with van der Waals surface area (Å²) in [7, 11) is 0. The highest BCUT2D eigenvalue weighted by Crippen LogP contribution is 2.39. The fourth-order valence-electron chi connectivity index (χ4n) is 3.93. The number of nitrogens with zero attached hydrogens (tertiary/aromatic N) is 3. The van der Waals surface area contributed by atoms with Gasteiger partial charge in [0.05, 0.1) is 12.0 Å². The molecule has 1 fully saturated rings. The third kappa shape index (κ3) is 2.52. The Morgan fingerprint density at radius 3 is 2.92 bits per heavy atom. The van der Waals surface area contributed by atoms with Gasteiger partial charge in [0.2, 0.25) is 11.8 Å². The lowest BCUT2D eigenvalue weighted by Gasteiger charge is -2.25. The molecule has 2 atom stereocenters. The Labute approximate surface area is 142 Å². The highest BCUT2D eigenvalue weighted by Gasteiger charge is 2.39. The SMILES string of the molecule is CC(C)c1nc([C@@H]2CCCN2C(=O)[C@H]2CCc3ccccc32)no1. The van der Waals surface area contributed by atoms with Crippen LogP contribution >= 0.6 is 0 Å². The molecule has 1 aliphatic heterocycles. The smallest absolute Gasteiger partial charge is 0.230 e. The van der Waals surface area contributed by atoms with E-state index in [4.69, 9.17) is 4.52 Å². The van der Waals surface area contributed by atoms with E-state index in [1.807, 2.05) is 24.8 Å². The van der Waals surface area contributed by atoms with E-state index in [1.54, 1.807) is 0 Å². The van der Waals surface area contributed by atoms with E-state index in [0.29, 0.717) is 11.7 Å². The first kappa shape index (κ1) is 15.4. The summed E-state index contributed by atoms with van der Waals surface area (Å²) in [6.07, 6.45) is 3.81. The minimum Gasteiger partial charge on any atom is -0.339 e. The van der Waals surface area contributed by atoms with Gasteiger partial charge in [0.1, 0.15) is 0 Å². The maximum Gasteiger partial charge on any atom is 0.230 e. The molecule has 4 rings (SSSR count). The van der Waals surface area contributed by atoms with Gasteiger partial charge in [-0.15, -0.1) is 0 Å². The molecule has 0 saturated carbocycles. The third-order valence-electron chi connectivity index (χ3n) is 5.22. The summed E-state index contributed by atoms with van der Waals surface area (Å²) in [5.74, 6) is 1.72. The van der Waals surface area contributed by atoms with E-state index in [0.717, 1.165) is 32.2 Å². The Morgan fingerprint density at radius 2 is 2.12 bits per heavy atom. The van der Waals surface area contributed by atoms with Crippen LogP contribution in [0.3, 0.4) is 0 Å². The van der Waals surface area contributed by atoms with Gasteiger partial charge in [0, 0.05) is 12.5 Å². The molecule has 1 aromatic heterocycles. The molecule has 1 aromatic carbocycles. The number of aryl methyl sites for hydroxylation is 1. The predicted octanol–water partition coefficient (Wildman–Crippen LogP) is 3.59.